The maximum atomic E-state index is 10.1. The smallest absolute Gasteiger partial charge is 0.0576 e. The van der Waals surface area contributed by atoms with E-state index in [9.17, 15) is 10.3 Å². The summed E-state index contributed by atoms with van der Waals surface area (Å²) >= 11 is 0. The highest BCUT2D eigenvalue weighted by atomic mass is 16.4. The van der Waals surface area contributed by atoms with Gasteiger partial charge in [-0.25, -0.2) is 0 Å². The summed E-state index contributed by atoms with van der Waals surface area (Å²) in [6.07, 6.45) is 11.1. The fourth-order valence-corrected chi connectivity index (χ4v) is 7.99. The molecule has 3 nitrogen and oxygen atoms in total. The first kappa shape index (κ1) is 16.9. The van der Waals surface area contributed by atoms with Crippen molar-refractivity contribution in [3.63, 3.8) is 0 Å². The zero-order valence-corrected chi connectivity index (χ0v) is 15.7. The third-order valence-corrected chi connectivity index (χ3v) is 9.30. The Kier molecular flexibility index (Phi) is 4.02. The van der Waals surface area contributed by atoms with Crippen LogP contribution in [0.3, 0.4) is 0 Å². The van der Waals surface area contributed by atoms with Gasteiger partial charge in [-0.05, 0) is 99.2 Å². The zero-order valence-electron chi connectivity index (χ0n) is 15.7. The first-order chi connectivity index (χ1) is 11.4. The topological polar surface area (TPSA) is 52.8 Å². The number of hydrogen-bond acceptors (Lipinski definition) is 3. The molecule has 0 aromatic heterocycles. The summed E-state index contributed by atoms with van der Waals surface area (Å²) in [5.74, 6) is 3.74. The van der Waals surface area contributed by atoms with Crippen LogP contribution in [0.2, 0.25) is 0 Å². The van der Waals surface area contributed by atoms with Crippen LogP contribution in [-0.2, 0) is 0 Å². The lowest BCUT2D eigenvalue weighted by atomic mass is 9.44. The first-order valence-electron chi connectivity index (χ1n) is 10.3. The lowest BCUT2D eigenvalue weighted by Gasteiger charge is -2.61. The molecule has 0 radical (unpaired) electrons. The van der Waals surface area contributed by atoms with Gasteiger partial charge in [-0.2, -0.15) is 0 Å². The Balaban J connectivity index is 1.61. The summed E-state index contributed by atoms with van der Waals surface area (Å²) in [7, 11) is 0. The molecule has 4 rings (SSSR count). The number of nitrogens with zero attached hydrogens (tertiary/aromatic N) is 1. The highest BCUT2D eigenvalue weighted by Crippen LogP contribution is 2.67. The van der Waals surface area contributed by atoms with Crippen LogP contribution in [0.25, 0.3) is 0 Å². The molecule has 0 amide bonds. The van der Waals surface area contributed by atoms with Gasteiger partial charge in [-0.1, -0.05) is 19.0 Å². The minimum atomic E-state index is -0.0484. The summed E-state index contributed by atoms with van der Waals surface area (Å²) < 4.78 is 0. The number of fused-ring (bicyclic) bond motifs is 5. The van der Waals surface area contributed by atoms with Crippen LogP contribution < -0.4 is 0 Å². The Labute approximate surface area is 146 Å². The van der Waals surface area contributed by atoms with Gasteiger partial charge in [0.15, 0.2) is 0 Å². The van der Waals surface area contributed by atoms with Crippen LogP contribution in [0, 0.1) is 40.4 Å². The van der Waals surface area contributed by atoms with E-state index in [-0.39, 0.29) is 6.10 Å². The first-order valence-corrected chi connectivity index (χ1v) is 10.3. The van der Waals surface area contributed by atoms with E-state index >= 15 is 0 Å². The van der Waals surface area contributed by atoms with Crippen molar-refractivity contribution in [3.05, 3.63) is 0 Å². The van der Waals surface area contributed by atoms with Crippen molar-refractivity contribution in [3.8, 4) is 0 Å². The fourth-order valence-electron chi connectivity index (χ4n) is 7.99. The van der Waals surface area contributed by atoms with Gasteiger partial charge in [0.2, 0.25) is 0 Å². The number of aliphatic hydroxyl groups is 1. The summed E-state index contributed by atoms with van der Waals surface area (Å²) in [6.45, 7) is 7.06. The summed E-state index contributed by atoms with van der Waals surface area (Å²) in [6, 6.07) is 0. The Morgan fingerprint density at radius 2 is 1.62 bits per heavy atom. The largest absolute Gasteiger partial charge is 0.411 e. The quantitative estimate of drug-likeness (QED) is 0.409. The van der Waals surface area contributed by atoms with Gasteiger partial charge in [-0.15, -0.1) is 0 Å². The third-order valence-electron chi connectivity index (χ3n) is 9.30. The molecule has 0 spiro atoms. The second-order valence-electron chi connectivity index (χ2n) is 10.0. The predicted molar refractivity (Wildman–Crippen MR) is 96.1 cm³/mol. The van der Waals surface area contributed by atoms with E-state index in [1.54, 1.807) is 0 Å². The lowest BCUT2D eigenvalue weighted by molar-refractivity contribution is -0.123. The van der Waals surface area contributed by atoms with Gasteiger partial charge in [0.05, 0.1) is 11.8 Å². The van der Waals surface area contributed by atoms with Crippen molar-refractivity contribution in [2.45, 2.75) is 84.7 Å². The molecule has 0 aromatic carbocycles. The molecule has 0 bridgehead atoms. The molecule has 4 aliphatic rings. The molecular formula is C21H35NO2. The second kappa shape index (κ2) is 5.72. The SMILES string of the molecule is CC(=NO)C1CCC2C3CC[C@H]4CC(O)CCC4(C)C3CCC12C. The molecule has 0 aromatic rings. The maximum Gasteiger partial charge on any atom is 0.0576 e. The standard InChI is InChI=1S/C21H35NO2/c1-13(22-24)17-6-7-18-16-5-4-14-12-15(23)8-10-20(14,2)19(16)9-11-21(17,18)3/h14-19,23-24H,4-12H2,1-3H3/t14-,15?,16?,17?,18?,19?,20?,21?/m0/s1. The van der Waals surface area contributed by atoms with Crippen molar-refractivity contribution < 1.29 is 10.3 Å². The molecule has 3 heteroatoms. The van der Waals surface area contributed by atoms with Crippen molar-refractivity contribution >= 4 is 5.71 Å². The molecule has 24 heavy (non-hydrogen) atoms. The van der Waals surface area contributed by atoms with Crippen molar-refractivity contribution in [1.82, 2.24) is 0 Å². The van der Waals surface area contributed by atoms with Crippen LogP contribution in [0.1, 0.15) is 78.6 Å². The molecule has 0 aliphatic heterocycles. The molecule has 4 aliphatic carbocycles. The molecule has 2 N–H and O–H groups in total. The van der Waals surface area contributed by atoms with Crippen molar-refractivity contribution in [1.29, 1.82) is 0 Å². The van der Waals surface area contributed by atoms with E-state index in [1.807, 2.05) is 6.92 Å². The van der Waals surface area contributed by atoms with Crippen LogP contribution in [-0.4, -0.2) is 22.1 Å². The number of oxime groups is 1. The number of rotatable bonds is 1. The highest BCUT2D eigenvalue weighted by Gasteiger charge is 2.60. The highest BCUT2D eigenvalue weighted by molar-refractivity contribution is 5.84. The minimum absolute atomic E-state index is 0.0484. The van der Waals surface area contributed by atoms with Gasteiger partial charge in [0.1, 0.15) is 0 Å². The Morgan fingerprint density at radius 1 is 0.917 bits per heavy atom. The average molecular weight is 334 g/mol. The normalized spacial score (nSPS) is 54.8. The van der Waals surface area contributed by atoms with E-state index in [2.05, 4.69) is 19.0 Å². The van der Waals surface area contributed by atoms with Gasteiger partial charge >= 0.3 is 0 Å². The molecule has 0 saturated heterocycles. The Hall–Kier alpha value is -0.570. The Bertz CT molecular complexity index is 532. The average Bonchev–Trinajstić information content (AvgIpc) is 2.92. The van der Waals surface area contributed by atoms with Gasteiger partial charge < -0.3 is 10.3 Å². The maximum absolute atomic E-state index is 10.1. The predicted octanol–water partition coefficient (Wildman–Crippen LogP) is 4.86. The minimum Gasteiger partial charge on any atom is -0.411 e. The van der Waals surface area contributed by atoms with Crippen LogP contribution in [0.5, 0.6) is 0 Å². The molecular weight excluding hydrogens is 298 g/mol. The fraction of sp³-hybridized carbons (Fsp3) is 0.952. The molecule has 136 valence electrons. The van der Waals surface area contributed by atoms with Gasteiger partial charge in [0.25, 0.3) is 0 Å². The molecule has 4 saturated carbocycles. The van der Waals surface area contributed by atoms with E-state index in [0.29, 0.717) is 16.7 Å². The van der Waals surface area contributed by atoms with Gasteiger partial charge in [0, 0.05) is 5.92 Å². The number of aliphatic hydroxyl groups excluding tert-OH is 1. The summed E-state index contributed by atoms with van der Waals surface area (Å²) in [4.78, 5) is 0. The van der Waals surface area contributed by atoms with E-state index in [0.717, 1.165) is 42.2 Å². The Morgan fingerprint density at radius 3 is 2.38 bits per heavy atom. The number of hydrogen-bond donors (Lipinski definition) is 2. The summed E-state index contributed by atoms with van der Waals surface area (Å²) in [5, 5.41) is 23.0. The van der Waals surface area contributed by atoms with E-state index in [1.165, 1.54) is 44.9 Å². The van der Waals surface area contributed by atoms with Crippen molar-refractivity contribution in [2.24, 2.45) is 45.6 Å². The van der Waals surface area contributed by atoms with E-state index in [4.69, 9.17) is 0 Å². The van der Waals surface area contributed by atoms with Gasteiger partial charge in [-0.3, -0.25) is 0 Å². The van der Waals surface area contributed by atoms with Crippen LogP contribution >= 0.6 is 0 Å². The lowest BCUT2D eigenvalue weighted by Crippen LogP contribution is -2.54. The third kappa shape index (κ3) is 2.22. The monoisotopic (exact) mass is 333 g/mol. The summed E-state index contributed by atoms with van der Waals surface area (Å²) in [5.41, 5.74) is 1.76. The molecule has 7 unspecified atom stereocenters. The van der Waals surface area contributed by atoms with Crippen LogP contribution in [0.4, 0.5) is 0 Å². The molecule has 8 atom stereocenters. The molecule has 0 heterocycles. The second-order valence-corrected chi connectivity index (χ2v) is 10.0. The van der Waals surface area contributed by atoms with Crippen LogP contribution in [0.15, 0.2) is 5.16 Å². The van der Waals surface area contributed by atoms with E-state index < -0.39 is 0 Å². The van der Waals surface area contributed by atoms with Crippen molar-refractivity contribution in [2.75, 3.05) is 0 Å². The molecule has 4 fully saturated rings. The zero-order chi connectivity index (χ0) is 17.1.